The molecule has 0 aromatic carbocycles. The summed E-state index contributed by atoms with van der Waals surface area (Å²) >= 11 is 0. The van der Waals surface area contributed by atoms with Crippen LogP contribution in [0.1, 0.15) is 83.6 Å². The third-order valence-corrected chi connectivity index (χ3v) is 3.88. The molecular formula is C19H32N2. The van der Waals surface area contributed by atoms with Gasteiger partial charge in [0.05, 0.1) is 0 Å². The third kappa shape index (κ3) is 7.99. The number of rotatable bonds is 11. The van der Waals surface area contributed by atoms with Gasteiger partial charge in [-0.05, 0) is 44.2 Å². The van der Waals surface area contributed by atoms with Gasteiger partial charge in [-0.3, -0.25) is 0 Å². The second-order valence-corrected chi connectivity index (χ2v) is 5.94. The molecule has 0 aliphatic rings. The van der Waals surface area contributed by atoms with E-state index in [-0.39, 0.29) is 0 Å². The Balaban J connectivity index is 2.59. The van der Waals surface area contributed by atoms with E-state index in [2.05, 4.69) is 31.8 Å². The van der Waals surface area contributed by atoms with E-state index in [1.807, 2.05) is 12.3 Å². The molecule has 1 aromatic heterocycles. The zero-order valence-corrected chi connectivity index (χ0v) is 14.2. The highest BCUT2D eigenvalue weighted by Gasteiger charge is 2.03. The Morgan fingerprint density at radius 1 is 0.952 bits per heavy atom. The second kappa shape index (κ2) is 11.5. The summed E-state index contributed by atoms with van der Waals surface area (Å²) < 4.78 is 0. The molecule has 2 nitrogen and oxygen atoms in total. The lowest BCUT2D eigenvalue weighted by molar-refractivity contribution is 0.661. The maximum Gasteiger partial charge on any atom is 0.154 e. The van der Waals surface area contributed by atoms with E-state index in [0.29, 0.717) is 0 Å². The van der Waals surface area contributed by atoms with Crippen LogP contribution in [-0.2, 0) is 0 Å². The lowest BCUT2D eigenvalue weighted by atomic mass is 10.0. The van der Waals surface area contributed by atoms with Crippen molar-refractivity contribution in [2.75, 3.05) is 0 Å². The Kier molecular flexibility index (Phi) is 9.77. The Bertz CT molecular complexity index is 396. The summed E-state index contributed by atoms with van der Waals surface area (Å²) in [5.74, 6) is 0.915. The highest BCUT2D eigenvalue weighted by molar-refractivity contribution is 5.86. The van der Waals surface area contributed by atoms with Crippen LogP contribution < -0.4 is 0 Å². The van der Waals surface area contributed by atoms with E-state index >= 15 is 0 Å². The third-order valence-electron chi connectivity index (χ3n) is 3.88. The molecular weight excluding hydrogens is 256 g/mol. The van der Waals surface area contributed by atoms with Gasteiger partial charge in [0.2, 0.25) is 0 Å². The summed E-state index contributed by atoms with van der Waals surface area (Å²) in [6, 6.07) is 4.08. The van der Waals surface area contributed by atoms with Crippen LogP contribution in [0.25, 0.3) is 0 Å². The van der Waals surface area contributed by atoms with Gasteiger partial charge in [-0.1, -0.05) is 58.4 Å². The number of unbranched alkanes of at least 4 members (excludes halogenated alkanes) is 6. The minimum Gasteiger partial charge on any atom is -0.238 e. The summed E-state index contributed by atoms with van der Waals surface area (Å²) in [6.45, 7) is 6.62. The van der Waals surface area contributed by atoms with Crippen LogP contribution in [0.2, 0.25) is 0 Å². The second-order valence-electron chi connectivity index (χ2n) is 5.94. The average Bonchev–Trinajstić information content (AvgIpc) is 2.50. The van der Waals surface area contributed by atoms with E-state index < -0.39 is 0 Å². The zero-order chi connectivity index (χ0) is 15.3. The highest BCUT2D eigenvalue weighted by Crippen LogP contribution is 2.18. The van der Waals surface area contributed by atoms with Crippen molar-refractivity contribution in [3.63, 3.8) is 0 Å². The minimum absolute atomic E-state index is 0.915. The van der Waals surface area contributed by atoms with Crippen molar-refractivity contribution < 1.29 is 0 Å². The van der Waals surface area contributed by atoms with Gasteiger partial charge < -0.3 is 0 Å². The number of hydrogen-bond donors (Lipinski definition) is 0. The molecule has 21 heavy (non-hydrogen) atoms. The molecule has 1 rings (SSSR count). The van der Waals surface area contributed by atoms with Crippen molar-refractivity contribution in [3.8, 4) is 0 Å². The first-order valence-electron chi connectivity index (χ1n) is 8.76. The monoisotopic (exact) mass is 288 g/mol. The first-order valence-corrected chi connectivity index (χ1v) is 8.76. The molecule has 2 heteroatoms. The van der Waals surface area contributed by atoms with Crippen LogP contribution in [0.5, 0.6) is 0 Å². The molecule has 0 spiro atoms. The van der Waals surface area contributed by atoms with Gasteiger partial charge in [-0.2, -0.15) is 0 Å². The highest BCUT2D eigenvalue weighted by atomic mass is 14.9. The molecule has 0 fully saturated rings. The van der Waals surface area contributed by atoms with Gasteiger partial charge in [0.15, 0.2) is 5.82 Å². The normalized spacial score (nSPS) is 10.6. The maximum absolute atomic E-state index is 4.86. The topological polar surface area (TPSA) is 25.2 Å². The molecule has 0 aliphatic carbocycles. The summed E-state index contributed by atoms with van der Waals surface area (Å²) in [6.07, 6.45) is 14.6. The lowest BCUT2D eigenvalue weighted by Gasteiger charge is -2.08. The van der Waals surface area contributed by atoms with E-state index in [1.54, 1.807) is 0 Å². The molecule has 0 saturated heterocycles. The molecule has 0 aliphatic heterocycles. The summed E-state index contributed by atoms with van der Waals surface area (Å²) in [5.41, 5.74) is 2.53. The molecule has 0 bridgehead atoms. The molecule has 0 amide bonds. The fourth-order valence-electron chi connectivity index (χ4n) is 2.49. The number of pyridine rings is 1. The molecule has 0 saturated carbocycles. The maximum atomic E-state index is 4.86. The van der Waals surface area contributed by atoms with Crippen LogP contribution in [-0.4, -0.2) is 10.7 Å². The van der Waals surface area contributed by atoms with Gasteiger partial charge in [-0.15, -0.1) is 0 Å². The largest absolute Gasteiger partial charge is 0.238 e. The molecule has 1 aromatic rings. The molecule has 0 atom stereocenters. The minimum atomic E-state index is 0.915. The van der Waals surface area contributed by atoms with E-state index in [1.165, 1.54) is 62.6 Å². The molecule has 0 N–H and O–H groups in total. The van der Waals surface area contributed by atoms with Gasteiger partial charge in [0, 0.05) is 11.9 Å². The zero-order valence-electron chi connectivity index (χ0n) is 14.2. The molecule has 118 valence electrons. The Labute approximate surface area is 131 Å². The Hall–Kier alpha value is -1.18. The first-order chi connectivity index (χ1) is 10.3. The van der Waals surface area contributed by atoms with Crippen molar-refractivity contribution in [3.05, 3.63) is 23.9 Å². The van der Waals surface area contributed by atoms with Gasteiger partial charge in [0.25, 0.3) is 0 Å². The predicted molar refractivity (Wildman–Crippen MR) is 93.6 cm³/mol. The SMILES string of the molecule is CCCCCCC(CCCCCC)=Nc1ncccc1C. The molecule has 0 unspecified atom stereocenters. The fourth-order valence-corrected chi connectivity index (χ4v) is 2.49. The van der Waals surface area contributed by atoms with Gasteiger partial charge in [0.1, 0.15) is 0 Å². The summed E-state index contributed by atoms with van der Waals surface area (Å²) in [4.78, 5) is 9.28. The van der Waals surface area contributed by atoms with Crippen LogP contribution in [0.3, 0.4) is 0 Å². The van der Waals surface area contributed by atoms with Crippen molar-refractivity contribution >= 4 is 11.5 Å². The predicted octanol–water partition coefficient (Wildman–Crippen LogP) is 6.40. The Morgan fingerprint density at radius 3 is 2.10 bits per heavy atom. The number of aromatic nitrogens is 1. The van der Waals surface area contributed by atoms with Crippen LogP contribution in [0, 0.1) is 6.92 Å². The van der Waals surface area contributed by atoms with Crippen LogP contribution in [0.15, 0.2) is 23.3 Å². The standard InChI is InChI=1S/C19H32N2/c1-4-6-8-10-14-18(15-11-9-7-5-2)21-19-17(3)13-12-16-20-19/h12-13,16H,4-11,14-15H2,1-3H3. The number of aliphatic imine (C=N–C) groups is 1. The molecule has 1 heterocycles. The number of hydrogen-bond acceptors (Lipinski definition) is 2. The van der Waals surface area contributed by atoms with Crippen LogP contribution >= 0.6 is 0 Å². The Morgan fingerprint density at radius 2 is 1.57 bits per heavy atom. The fraction of sp³-hybridized carbons (Fsp3) is 0.684. The first kappa shape index (κ1) is 17.9. The van der Waals surface area contributed by atoms with Crippen molar-refractivity contribution in [1.82, 2.24) is 4.98 Å². The van der Waals surface area contributed by atoms with E-state index in [4.69, 9.17) is 4.99 Å². The lowest BCUT2D eigenvalue weighted by Crippen LogP contribution is -1.99. The average molecular weight is 288 g/mol. The number of nitrogens with zero attached hydrogens (tertiary/aromatic N) is 2. The van der Waals surface area contributed by atoms with Crippen molar-refractivity contribution in [2.24, 2.45) is 4.99 Å². The summed E-state index contributed by atoms with van der Waals surface area (Å²) in [5, 5.41) is 0. The van der Waals surface area contributed by atoms with E-state index in [0.717, 1.165) is 18.7 Å². The van der Waals surface area contributed by atoms with Crippen LogP contribution in [0.4, 0.5) is 5.82 Å². The number of aryl methyl sites for hydroxylation is 1. The smallest absolute Gasteiger partial charge is 0.154 e. The van der Waals surface area contributed by atoms with Crippen molar-refractivity contribution in [2.45, 2.75) is 85.0 Å². The summed E-state index contributed by atoms with van der Waals surface area (Å²) in [7, 11) is 0. The van der Waals surface area contributed by atoms with Crippen molar-refractivity contribution in [1.29, 1.82) is 0 Å². The molecule has 0 radical (unpaired) electrons. The van der Waals surface area contributed by atoms with Gasteiger partial charge >= 0.3 is 0 Å². The van der Waals surface area contributed by atoms with E-state index in [9.17, 15) is 0 Å². The van der Waals surface area contributed by atoms with Gasteiger partial charge in [-0.25, -0.2) is 9.98 Å². The quantitative estimate of drug-likeness (QED) is 0.341.